The van der Waals surface area contributed by atoms with Crippen molar-refractivity contribution < 1.29 is 28.9 Å². The third kappa shape index (κ3) is 2.61. The van der Waals surface area contributed by atoms with E-state index >= 15 is 0 Å². The van der Waals surface area contributed by atoms with Gasteiger partial charge >= 0.3 is 5.97 Å². The predicted octanol–water partition coefficient (Wildman–Crippen LogP) is 0.771. The summed E-state index contributed by atoms with van der Waals surface area (Å²) in [5.74, 6) is -0.556. The average Bonchev–Trinajstić information content (AvgIpc) is 3.10. The number of amides is 1. The second-order valence-corrected chi connectivity index (χ2v) is 4.64. The SMILES string of the molecule is O=C(COc1cc2c(cc1C(=O)O)OCO2)NC1CC1. The largest absolute Gasteiger partial charge is 0.483 e. The molecule has 0 atom stereocenters. The first-order chi connectivity index (χ1) is 9.63. The average molecular weight is 279 g/mol. The Balaban J connectivity index is 1.73. The molecule has 1 aliphatic carbocycles. The molecule has 2 N–H and O–H groups in total. The molecule has 7 heteroatoms. The molecule has 0 radical (unpaired) electrons. The van der Waals surface area contributed by atoms with E-state index in [1.165, 1.54) is 12.1 Å². The normalized spacial score (nSPS) is 15.8. The van der Waals surface area contributed by atoms with Crippen LogP contribution in [0.5, 0.6) is 17.2 Å². The molecule has 20 heavy (non-hydrogen) atoms. The van der Waals surface area contributed by atoms with Crippen molar-refractivity contribution in [3.8, 4) is 17.2 Å². The van der Waals surface area contributed by atoms with Gasteiger partial charge in [-0.05, 0) is 12.8 Å². The third-order valence-electron chi connectivity index (χ3n) is 3.01. The van der Waals surface area contributed by atoms with Gasteiger partial charge in [0.2, 0.25) is 6.79 Å². The van der Waals surface area contributed by atoms with E-state index in [2.05, 4.69) is 5.32 Å². The van der Waals surface area contributed by atoms with Gasteiger partial charge in [-0.15, -0.1) is 0 Å². The van der Waals surface area contributed by atoms with Crippen molar-refractivity contribution in [2.75, 3.05) is 13.4 Å². The molecule has 2 aliphatic rings. The lowest BCUT2D eigenvalue weighted by Crippen LogP contribution is -2.30. The Morgan fingerprint density at radius 2 is 2.00 bits per heavy atom. The van der Waals surface area contributed by atoms with Crippen LogP contribution in [-0.4, -0.2) is 36.4 Å². The molecule has 0 bridgehead atoms. The zero-order valence-electron chi connectivity index (χ0n) is 10.5. The molecule has 1 aromatic carbocycles. The maximum Gasteiger partial charge on any atom is 0.339 e. The number of ether oxygens (including phenoxy) is 3. The topological polar surface area (TPSA) is 94.1 Å². The van der Waals surface area contributed by atoms with Gasteiger partial charge in [0.15, 0.2) is 18.1 Å². The highest BCUT2D eigenvalue weighted by atomic mass is 16.7. The van der Waals surface area contributed by atoms with Crippen molar-refractivity contribution in [3.63, 3.8) is 0 Å². The Bertz CT molecular complexity index is 566. The van der Waals surface area contributed by atoms with Gasteiger partial charge in [-0.2, -0.15) is 0 Å². The Labute approximate surface area is 114 Å². The Morgan fingerprint density at radius 1 is 1.30 bits per heavy atom. The summed E-state index contributed by atoms with van der Waals surface area (Å²) < 4.78 is 15.6. The molecular formula is C13H13NO6. The number of carbonyl (C=O) groups is 2. The minimum atomic E-state index is -1.15. The first-order valence-corrected chi connectivity index (χ1v) is 6.22. The zero-order chi connectivity index (χ0) is 14.1. The second kappa shape index (κ2) is 4.92. The van der Waals surface area contributed by atoms with Gasteiger partial charge in [-0.1, -0.05) is 0 Å². The van der Waals surface area contributed by atoms with Gasteiger partial charge in [-0.3, -0.25) is 4.79 Å². The lowest BCUT2D eigenvalue weighted by atomic mass is 10.2. The van der Waals surface area contributed by atoms with Crippen LogP contribution in [0.2, 0.25) is 0 Å². The molecule has 1 aliphatic heterocycles. The minimum Gasteiger partial charge on any atom is -0.483 e. The van der Waals surface area contributed by atoms with Gasteiger partial charge in [0.05, 0.1) is 0 Å². The molecule has 0 saturated heterocycles. The zero-order valence-corrected chi connectivity index (χ0v) is 10.5. The number of hydrogen-bond acceptors (Lipinski definition) is 5. The number of carboxylic acid groups (broad SMARTS) is 1. The van der Waals surface area contributed by atoms with Crippen LogP contribution in [0.1, 0.15) is 23.2 Å². The molecule has 1 heterocycles. The number of rotatable bonds is 5. The molecule has 7 nitrogen and oxygen atoms in total. The third-order valence-corrected chi connectivity index (χ3v) is 3.01. The summed E-state index contributed by atoms with van der Waals surface area (Å²) in [7, 11) is 0. The van der Waals surface area contributed by atoms with E-state index in [1.54, 1.807) is 0 Å². The van der Waals surface area contributed by atoms with Gasteiger partial charge < -0.3 is 24.6 Å². The molecule has 1 aromatic rings. The van der Waals surface area contributed by atoms with Crippen molar-refractivity contribution in [2.24, 2.45) is 0 Å². The highest BCUT2D eigenvalue weighted by Gasteiger charge is 2.25. The van der Waals surface area contributed by atoms with Crippen molar-refractivity contribution in [1.82, 2.24) is 5.32 Å². The monoisotopic (exact) mass is 279 g/mol. The summed E-state index contributed by atoms with van der Waals surface area (Å²) >= 11 is 0. The fraction of sp³-hybridized carbons (Fsp3) is 0.385. The van der Waals surface area contributed by atoms with Crippen molar-refractivity contribution in [2.45, 2.75) is 18.9 Å². The van der Waals surface area contributed by atoms with Gasteiger partial charge in [-0.25, -0.2) is 4.79 Å². The Morgan fingerprint density at radius 3 is 2.65 bits per heavy atom. The van der Waals surface area contributed by atoms with Crippen LogP contribution in [0.25, 0.3) is 0 Å². The van der Waals surface area contributed by atoms with Crippen molar-refractivity contribution >= 4 is 11.9 Å². The van der Waals surface area contributed by atoms with Crippen LogP contribution in [0.4, 0.5) is 0 Å². The molecule has 1 fully saturated rings. The first-order valence-electron chi connectivity index (χ1n) is 6.22. The summed E-state index contributed by atoms with van der Waals surface area (Å²) in [6.07, 6.45) is 1.96. The smallest absolute Gasteiger partial charge is 0.339 e. The van der Waals surface area contributed by atoms with E-state index in [4.69, 9.17) is 19.3 Å². The van der Waals surface area contributed by atoms with Gasteiger partial charge in [0.1, 0.15) is 11.3 Å². The summed E-state index contributed by atoms with van der Waals surface area (Å²) in [6, 6.07) is 3.00. The maximum absolute atomic E-state index is 11.5. The van der Waals surface area contributed by atoms with Crippen LogP contribution < -0.4 is 19.5 Å². The van der Waals surface area contributed by atoms with Crippen LogP contribution in [0.15, 0.2) is 12.1 Å². The van der Waals surface area contributed by atoms with Crippen LogP contribution in [-0.2, 0) is 4.79 Å². The van der Waals surface area contributed by atoms with E-state index in [-0.39, 0.29) is 36.7 Å². The Kier molecular flexibility index (Phi) is 3.09. The number of nitrogens with one attached hydrogen (secondary N) is 1. The van der Waals surface area contributed by atoms with E-state index < -0.39 is 5.97 Å². The first kappa shape index (κ1) is 12.6. The van der Waals surface area contributed by atoms with Gasteiger partial charge in [0.25, 0.3) is 5.91 Å². The summed E-state index contributed by atoms with van der Waals surface area (Å²) in [5.41, 5.74) is -0.0616. The molecule has 0 aromatic heterocycles. The van der Waals surface area contributed by atoms with E-state index in [1.807, 2.05) is 0 Å². The molecule has 3 rings (SSSR count). The van der Waals surface area contributed by atoms with E-state index in [9.17, 15) is 9.59 Å². The van der Waals surface area contributed by atoms with Crippen LogP contribution in [0, 0.1) is 0 Å². The summed E-state index contributed by atoms with van der Waals surface area (Å²) in [4.78, 5) is 22.7. The number of aromatic carboxylic acids is 1. The molecule has 106 valence electrons. The Hall–Kier alpha value is -2.44. The summed E-state index contributed by atoms with van der Waals surface area (Å²) in [5, 5.41) is 11.9. The number of benzene rings is 1. The maximum atomic E-state index is 11.5. The van der Waals surface area contributed by atoms with Crippen molar-refractivity contribution in [3.05, 3.63) is 17.7 Å². The van der Waals surface area contributed by atoms with Gasteiger partial charge in [0, 0.05) is 18.2 Å². The van der Waals surface area contributed by atoms with Crippen LogP contribution in [0.3, 0.4) is 0 Å². The standard InChI is InChI=1S/C13H13NO6/c15-12(14-7-1-2-7)5-18-9-4-11-10(19-6-20-11)3-8(9)13(16)17/h3-4,7H,1-2,5-6H2,(H,14,15)(H,16,17). The highest BCUT2D eigenvalue weighted by molar-refractivity contribution is 5.92. The fourth-order valence-corrected chi connectivity index (χ4v) is 1.85. The fourth-order valence-electron chi connectivity index (χ4n) is 1.85. The minimum absolute atomic E-state index is 0.0417. The lowest BCUT2D eigenvalue weighted by molar-refractivity contribution is -0.123. The molecule has 0 spiro atoms. The molecule has 0 unspecified atom stereocenters. The number of fused-ring (bicyclic) bond motifs is 1. The van der Waals surface area contributed by atoms with Crippen molar-refractivity contribution in [1.29, 1.82) is 0 Å². The molecule has 1 saturated carbocycles. The molecular weight excluding hydrogens is 266 g/mol. The highest BCUT2D eigenvalue weighted by Crippen LogP contribution is 2.38. The number of hydrogen-bond donors (Lipinski definition) is 2. The lowest BCUT2D eigenvalue weighted by Gasteiger charge is -2.10. The second-order valence-electron chi connectivity index (χ2n) is 4.64. The number of carbonyl (C=O) groups excluding carboxylic acids is 1. The van der Waals surface area contributed by atoms with Crippen LogP contribution >= 0.6 is 0 Å². The predicted molar refractivity (Wildman–Crippen MR) is 66.2 cm³/mol. The summed E-state index contributed by atoms with van der Waals surface area (Å²) in [6.45, 7) is -0.184. The van der Waals surface area contributed by atoms with E-state index in [0.717, 1.165) is 12.8 Å². The quantitative estimate of drug-likeness (QED) is 0.826. The van der Waals surface area contributed by atoms with E-state index in [0.29, 0.717) is 11.5 Å². The molecule has 1 amide bonds. The number of carboxylic acids is 1.